The zero-order chi connectivity index (χ0) is 16.1. The molecule has 0 saturated heterocycles. The highest BCUT2D eigenvalue weighted by atomic mass is 16.5. The summed E-state index contributed by atoms with van der Waals surface area (Å²) in [7, 11) is 0. The molecule has 1 unspecified atom stereocenters. The Labute approximate surface area is 122 Å². The second-order valence-corrected chi connectivity index (χ2v) is 4.67. The van der Waals surface area contributed by atoms with Crippen LogP contribution in [0.4, 0.5) is 0 Å². The number of rotatable bonds is 7. The molecule has 0 radical (unpaired) electrons. The molecule has 116 valence electrons. The van der Waals surface area contributed by atoms with Crippen LogP contribution in [0.1, 0.15) is 53.9 Å². The van der Waals surface area contributed by atoms with E-state index in [2.05, 4.69) is 20.1 Å². The fourth-order valence-corrected chi connectivity index (χ4v) is 0.799. The van der Waals surface area contributed by atoms with E-state index in [1.807, 2.05) is 13.8 Å². The summed E-state index contributed by atoms with van der Waals surface area (Å²) in [5, 5.41) is 0. The van der Waals surface area contributed by atoms with E-state index in [9.17, 15) is 9.59 Å². The van der Waals surface area contributed by atoms with Crippen LogP contribution in [0.15, 0.2) is 24.3 Å². The maximum Gasteiger partial charge on any atom is 0.333 e. The number of hydrogen-bond donors (Lipinski definition) is 0. The Morgan fingerprint density at radius 1 is 1.05 bits per heavy atom. The average Bonchev–Trinajstić information content (AvgIpc) is 2.39. The summed E-state index contributed by atoms with van der Waals surface area (Å²) in [6.45, 7) is 16.6. The molecule has 0 aliphatic carbocycles. The summed E-state index contributed by atoms with van der Waals surface area (Å²) >= 11 is 0. The second-order valence-electron chi connectivity index (χ2n) is 4.67. The third kappa shape index (κ3) is 12.9. The smallest absolute Gasteiger partial charge is 0.333 e. The minimum absolute atomic E-state index is 0.00389. The van der Waals surface area contributed by atoms with Gasteiger partial charge in [0.15, 0.2) is 0 Å². The molecular weight excluding hydrogens is 256 g/mol. The summed E-state index contributed by atoms with van der Waals surface area (Å²) in [6.07, 6.45) is 2.82. The van der Waals surface area contributed by atoms with Crippen LogP contribution < -0.4 is 0 Å². The Balaban J connectivity index is 0. The number of unbranched alkanes of at least 4 members (excludes halogenated alkanes) is 1. The second kappa shape index (κ2) is 12.5. The van der Waals surface area contributed by atoms with Crippen LogP contribution in [0.2, 0.25) is 0 Å². The zero-order valence-electron chi connectivity index (χ0n) is 13.5. The first-order valence-electron chi connectivity index (χ1n) is 6.95. The molecule has 0 fully saturated rings. The molecule has 0 rings (SSSR count). The van der Waals surface area contributed by atoms with E-state index < -0.39 is 0 Å². The van der Waals surface area contributed by atoms with Crippen molar-refractivity contribution in [3.63, 3.8) is 0 Å². The lowest BCUT2D eigenvalue weighted by Crippen LogP contribution is -2.13. The van der Waals surface area contributed by atoms with Gasteiger partial charge in [0, 0.05) is 11.1 Å². The first-order chi connectivity index (χ1) is 9.26. The number of esters is 2. The monoisotopic (exact) mass is 284 g/mol. The fourth-order valence-electron chi connectivity index (χ4n) is 0.799. The molecule has 0 aromatic carbocycles. The molecule has 4 heteroatoms. The van der Waals surface area contributed by atoms with Crippen molar-refractivity contribution in [2.24, 2.45) is 0 Å². The van der Waals surface area contributed by atoms with Gasteiger partial charge in [-0.05, 0) is 33.6 Å². The summed E-state index contributed by atoms with van der Waals surface area (Å²) in [5.74, 6) is -0.581. The highest BCUT2D eigenvalue weighted by molar-refractivity contribution is 5.87. The van der Waals surface area contributed by atoms with Gasteiger partial charge in [0.05, 0.1) is 12.7 Å². The predicted octanol–water partition coefficient (Wildman–Crippen LogP) is 3.81. The Kier molecular flexibility index (Phi) is 12.9. The average molecular weight is 284 g/mol. The number of carbonyl (C=O) groups excluding carboxylic acids is 2. The molecule has 0 heterocycles. The van der Waals surface area contributed by atoms with Crippen LogP contribution in [0.5, 0.6) is 0 Å². The van der Waals surface area contributed by atoms with Crippen molar-refractivity contribution in [2.45, 2.75) is 60.0 Å². The Morgan fingerprint density at radius 3 is 1.90 bits per heavy atom. The molecule has 0 saturated carbocycles. The van der Waals surface area contributed by atoms with E-state index in [4.69, 9.17) is 9.47 Å². The van der Waals surface area contributed by atoms with Crippen molar-refractivity contribution < 1.29 is 19.1 Å². The first kappa shape index (κ1) is 20.7. The maximum atomic E-state index is 10.8. The zero-order valence-corrected chi connectivity index (χ0v) is 13.5. The molecule has 0 aromatic heterocycles. The minimum Gasteiger partial charge on any atom is -0.462 e. The summed E-state index contributed by atoms with van der Waals surface area (Å²) < 4.78 is 9.73. The third-order valence-corrected chi connectivity index (χ3v) is 2.31. The third-order valence-electron chi connectivity index (χ3n) is 2.31. The van der Waals surface area contributed by atoms with Crippen LogP contribution in [-0.2, 0) is 19.1 Å². The van der Waals surface area contributed by atoms with Crippen molar-refractivity contribution in [1.29, 1.82) is 0 Å². The SMILES string of the molecule is C=C(C)C(=O)OC(C)CC.C=C(C)C(=O)OCCCC. The van der Waals surface area contributed by atoms with E-state index in [0.717, 1.165) is 19.3 Å². The van der Waals surface area contributed by atoms with Gasteiger partial charge >= 0.3 is 11.9 Å². The van der Waals surface area contributed by atoms with Crippen LogP contribution >= 0.6 is 0 Å². The molecule has 0 aliphatic heterocycles. The van der Waals surface area contributed by atoms with Gasteiger partial charge in [-0.2, -0.15) is 0 Å². The molecular formula is C16H28O4. The van der Waals surface area contributed by atoms with Gasteiger partial charge in [-0.25, -0.2) is 9.59 Å². The van der Waals surface area contributed by atoms with Crippen LogP contribution in [-0.4, -0.2) is 24.6 Å². The van der Waals surface area contributed by atoms with E-state index in [1.165, 1.54) is 0 Å². The van der Waals surface area contributed by atoms with Gasteiger partial charge in [-0.3, -0.25) is 0 Å². The molecule has 20 heavy (non-hydrogen) atoms. The Hall–Kier alpha value is -1.58. The van der Waals surface area contributed by atoms with Crippen molar-refractivity contribution in [1.82, 2.24) is 0 Å². The van der Waals surface area contributed by atoms with Gasteiger partial charge in [-0.1, -0.05) is 33.4 Å². The van der Waals surface area contributed by atoms with Gasteiger partial charge in [-0.15, -0.1) is 0 Å². The highest BCUT2D eigenvalue weighted by Crippen LogP contribution is 2.00. The minimum atomic E-state index is -0.297. The lowest BCUT2D eigenvalue weighted by molar-refractivity contribution is -0.143. The Morgan fingerprint density at radius 2 is 1.55 bits per heavy atom. The standard InChI is InChI=1S/2C8H14O2/c1-5-7(4)10-8(9)6(2)3;1-4-5-6-10-8(9)7(2)3/h7H,2,5H2,1,3-4H3;2,4-6H2,1,3H3. The lowest BCUT2D eigenvalue weighted by atomic mass is 10.3. The fraction of sp³-hybridized carbons (Fsp3) is 0.625. The first-order valence-corrected chi connectivity index (χ1v) is 6.95. The number of hydrogen-bond acceptors (Lipinski definition) is 4. The molecule has 0 aliphatic rings. The van der Waals surface area contributed by atoms with Crippen molar-refractivity contribution in [2.75, 3.05) is 6.61 Å². The summed E-state index contributed by atoms with van der Waals surface area (Å²) in [6, 6.07) is 0. The highest BCUT2D eigenvalue weighted by Gasteiger charge is 2.06. The molecule has 0 aromatic rings. The maximum absolute atomic E-state index is 10.8. The largest absolute Gasteiger partial charge is 0.462 e. The normalized spacial score (nSPS) is 10.7. The van der Waals surface area contributed by atoms with Crippen molar-refractivity contribution in [3.8, 4) is 0 Å². The van der Waals surface area contributed by atoms with Crippen LogP contribution in [0.25, 0.3) is 0 Å². The number of ether oxygens (including phenoxy) is 2. The predicted molar refractivity (Wildman–Crippen MR) is 81.3 cm³/mol. The molecule has 0 amide bonds. The van der Waals surface area contributed by atoms with E-state index in [0.29, 0.717) is 17.8 Å². The molecule has 0 N–H and O–H groups in total. The lowest BCUT2D eigenvalue weighted by Gasteiger charge is -2.09. The van der Waals surface area contributed by atoms with E-state index >= 15 is 0 Å². The molecule has 0 bridgehead atoms. The summed E-state index contributed by atoms with van der Waals surface area (Å²) in [4.78, 5) is 21.5. The van der Waals surface area contributed by atoms with Crippen molar-refractivity contribution in [3.05, 3.63) is 24.3 Å². The van der Waals surface area contributed by atoms with Gasteiger partial charge in [0.25, 0.3) is 0 Å². The molecule has 4 nitrogen and oxygen atoms in total. The van der Waals surface area contributed by atoms with E-state index in [-0.39, 0.29) is 18.0 Å². The topological polar surface area (TPSA) is 52.6 Å². The van der Waals surface area contributed by atoms with Crippen LogP contribution in [0, 0.1) is 0 Å². The molecule has 0 spiro atoms. The van der Waals surface area contributed by atoms with Crippen molar-refractivity contribution >= 4 is 11.9 Å². The summed E-state index contributed by atoms with van der Waals surface area (Å²) in [5.41, 5.74) is 0.927. The Bertz CT molecular complexity index is 331. The van der Waals surface area contributed by atoms with Crippen LogP contribution in [0.3, 0.4) is 0 Å². The van der Waals surface area contributed by atoms with Gasteiger partial charge in [0.2, 0.25) is 0 Å². The van der Waals surface area contributed by atoms with E-state index in [1.54, 1.807) is 13.8 Å². The van der Waals surface area contributed by atoms with Gasteiger partial charge < -0.3 is 9.47 Å². The quantitative estimate of drug-likeness (QED) is 0.405. The number of carbonyl (C=O) groups is 2. The van der Waals surface area contributed by atoms with Gasteiger partial charge in [0.1, 0.15) is 0 Å². The molecule has 1 atom stereocenters.